The monoisotopic (exact) mass is 753 g/mol. The van der Waals surface area contributed by atoms with Crippen LogP contribution >= 0.6 is 7.92 Å². The SMILES string of the molecule is C1=C\CC/C=C\CC/1.F[B-](F)(F)F.N#Cc1ccccc1.[Ir].c1ccc(P(c2ccccc2)c2ccccc2)cc1. The minimum Gasteiger partial charge on any atom is -0.418 e. The fourth-order valence-corrected chi connectivity index (χ4v) is 5.85. The summed E-state index contributed by atoms with van der Waals surface area (Å²) in [7, 11) is -6.45. The van der Waals surface area contributed by atoms with E-state index in [0.717, 1.165) is 0 Å². The molecule has 0 unspecified atom stereocenters. The second kappa shape index (κ2) is 21.5. The van der Waals surface area contributed by atoms with Crippen molar-refractivity contribution in [1.29, 1.82) is 5.26 Å². The van der Waals surface area contributed by atoms with Gasteiger partial charge >= 0.3 is 7.25 Å². The van der Waals surface area contributed by atoms with Crippen molar-refractivity contribution in [3.63, 3.8) is 0 Å². The van der Waals surface area contributed by atoms with Crippen molar-refractivity contribution >= 4 is 31.1 Å². The molecule has 0 aliphatic heterocycles. The van der Waals surface area contributed by atoms with Gasteiger partial charge in [-0.15, -0.1) is 0 Å². The summed E-state index contributed by atoms with van der Waals surface area (Å²) >= 11 is 0. The molecule has 0 saturated carbocycles. The van der Waals surface area contributed by atoms with Crippen molar-refractivity contribution in [1.82, 2.24) is 0 Å². The van der Waals surface area contributed by atoms with Gasteiger partial charge in [0.1, 0.15) is 0 Å². The van der Waals surface area contributed by atoms with Gasteiger partial charge in [0.05, 0.1) is 11.6 Å². The van der Waals surface area contributed by atoms with Gasteiger partial charge < -0.3 is 17.3 Å². The maximum atomic E-state index is 9.75. The van der Waals surface area contributed by atoms with Crippen molar-refractivity contribution in [2.75, 3.05) is 0 Å². The molecule has 4 aromatic rings. The number of nitriles is 1. The smallest absolute Gasteiger partial charge is 0.418 e. The Labute approximate surface area is 255 Å². The predicted molar refractivity (Wildman–Crippen MR) is 163 cm³/mol. The van der Waals surface area contributed by atoms with Crippen LogP contribution in [0.25, 0.3) is 0 Å². The third kappa shape index (κ3) is 17.2. The second-order valence-corrected chi connectivity index (χ2v) is 10.6. The summed E-state index contributed by atoms with van der Waals surface area (Å²) in [5.74, 6) is 0. The normalized spacial score (nSPS) is 13.4. The quantitative estimate of drug-likeness (QED) is 0.0888. The van der Waals surface area contributed by atoms with E-state index in [0.29, 0.717) is 5.56 Å². The maximum Gasteiger partial charge on any atom is 0.673 e. The zero-order valence-electron chi connectivity index (χ0n) is 22.5. The van der Waals surface area contributed by atoms with Crippen molar-refractivity contribution < 1.29 is 37.4 Å². The van der Waals surface area contributed by atoms with Crippen LogP contribution < -0.4 is 15.9 Å². The number of rotatable bonds is 3. The molecule has 1 radical (unpaired) electrons. The zero-order chi connectivity index (χ0) is 28.9. The summed E-state index contributed by atoms with van der Waals surface area (Å²) in [5.41, 5.74) is 0.715. The van der Waals surface area contributed by atoms with Crippen LogP contribution in [0.15, 0.2) is 146 Å². The Morgan fingerprint density at radius 1 is 0.488 bits per heavy atom. The van der Waals surface area contributed by atoms with Crippen molar-refractivity contribution in [3.05, 3.63) is 151 Å². The Morgan fingerprint density at radius 2 is 0.732 bits per heavy atom. The summed E-state index contributed by atoms with van der Waals surface area (Å²) in [6.45, 7) is 0. The first-order valence-corrected chi connectivity index (χ1v) is 14.3. The van der Waals surface area contributed by atoms with E-state index in [9.17, 15) is 17.3 Å². The van der Waals surface area contributed by atoms with Crippen LogP contribution in [0.3, 0.4) is 0 Å². The van der Waals surface area contributed by atoms with Gasteiger partial charge in [-0.05, 0) is 61.7 Å². The van der Waals surface area contributed by atoms with Crippen LogP contribution in [0, 0.1) is 11.3 Å². The Morgan fingerprint density at radius 3 is 0.951 bits per heavy atom. The molecule has 215 valence electrons. The number of benzene rings is 4. The Balaban J connectivity index is 0.000000318. The molecule has 5 rings (SSSR count). The molecule has 1 aliphatic carbocycles. The van der Waals surface area contributed by atoms with Crippen LogP contribution in [0.4, 0.5) is 17.3 Å². The van der Waals surface area contributed by atoms with Gasteiger partial charge in [-0.2, -0.15) is 5.26 Å². The first-order valence-electron chi connectivity index (χ1n) is 13.0. The molecular weight excluding hydrogens is 720 g/mol. The molecule has 41 heavy (non-hydrogen) atoms. The fraction of sp³-hybridized carbons (Fsp3) is 0.121. The maximum absolute atomic E-state index is 9.75. The second-order valence-electron chi connectivity index (χ2n) is 8.41. The van der Waals surface area contributed by atoms with Crippen LogP contribution in [-0.2, 0) is 20.1 Å². The summed E-state index contributed by atoms with van der Waals surface area (Å²) in [5, 5.41) is 12.5. The van der Waals surface area contributed by atoms with E-state index in [1.54, 1.807) is 12.1 Å². The van der Waals surface area contributed by atoms with E-state index in [2.05, 4.69) is 115 Å². The molecule has 0 saturated heterocycles. The van der Waals surface area contributed by atoms with Gasteiger partial charge in [-0.1, -0.05) is 133 Å². The van der Waals surface area contributed by atoms with Crippen LogP contribution in [-0.4, -0.2) is 7.25 Å². The average Bonchev–Trinajstić information content (AvgIpc) is 2.95. The van der Waals surface area contributed by atoms with Crippen molar-refractivity contribution in [3.8, 4) is 6.07 Å². The first-order chi connectivity index (χ1) is 19.4. The molecule has 0 amide bonds. The molecule has 0 spiro atoms. The van der Waals surface area contributed by atoms with E-state index in [-0.39, 0.29) is 20.1 Å². The van der Waals surface area contributed by atoms with E-state index >= 15 is 0 Å². The number of hydrogen-bond acceptors (Lipinski definition) is 1. The number of allylic oxidation sites excluding steroid dienone is 4. The molecule has 0 fully saturated rings. The third-order valence-corrected chi connectivity index (χ3v) is 7.72. The molecular formula is C33H32BF4IrNP-. The summed E-state index contributed by atoms with van der Waals surface area (Å²) in [6, 6.07) is 43.5. The Bertz CT molecular complexity index is 1170. The summed E-state index contributed by atoms with van der Waals surface area (Å²) in [6.07, 6.45) is 14.0. The Hall–Kier alpha value is -3.29. The molecule has 0 bridgehead atoms. The number of hydrogen-bond donors (Lipinski definition) is 0. The van der Waals surface area contributed by atoms with Crippen LogP contribution in [0.5, 0.6) is 0 Å². The molecule has 0 heterocycles. The minimum absolute atomic E-state index is 0. The number of halogens is 4. The van der Waals surface area contributed by atoms with Crippen molar-refractivity contribution in [2.45, 2.75) is 25.7 Å². The molecule has 8 heteroatoms. The van der Waals surface area contributed by atoms with Crippen LogP contribution in [0.1, 0.15) is 31.2 Å². The van der Waals surface area contributed by atoms with Crippen LogP contribution in [0.2, 0.25) is 0 Å². The molecule has 0 N–H and O–H groups in total. The van der Waals surface area contributed by atoms with E-state index in [4.69, 9.17) is 5.26 Å². The standard InChI is InChI=1S/C18H15P.C8H12.C7H5N.BF4.Ir/c1-4-10-16(11-5-1)19(17-12-6-2-7-13-17)18-14-8-3-9-15-18;1-2-4-6-8-7-5-3-1;8-6-7-4-2-1-3-5-7;2-1(3,4)5;/h1-15H;1-2,7-8H,3-6H2;1-5H;;/q;;;-1;/b;2-1-,8-7-;;;. The summed E-state index contributed by atoms with van der Waals surface area (Å²) in [4.78, 5) is 0. The topological polar surface area (TPSA) is 23.8 Å². The molecule has 4 aromatic carbocycles. The molecule has 1 nitrogen and oxygen atoms in total. The summed E-state index contributed by atoms with van der Waals surface area (Å²) < 4.78 is 39.0. The predicted octanol–water partition coefficient (Wildman–Crippen LogP) is 8.97. The first kappa shape index (κ1) is 35.7. The van der Waals surface area contributed by atoms with Gasteiger partial charge in [0, 0.05) is 20.1 Å². The van der Waals surface area contributed by atoms with Gasteiger partial charge in [0.15, 0.2) is 0 Å². The van der Waals surface area contributed by atoms with Gasteiger partial charge in [0.25, 0.3) is 0 Å². The van der Waals surface area contributed by atoms with Crippen molar-refractivity contribution in [2.24, 2.45) is 0 Å². The largest absolute Gasteiger partial charge is 0.673 e. The van der Waals surface area contributed by atoms with Gasteiger partial charge in [-0.3, -0.25) is 0 Å². The van der Waals surface area contributed by atoms with E-state index < -0.39 is 15.2 Å². The third-order valence-electron chi connectivity index (χ3n) is 5.28. The zero-order valence-corrected chi connectivity index (χ0v) is 25.8. The molecule has 0 aromatic heterocycles. The fourth-order valence-electron chi connectivity index (χ4n) is 3.55. The number of nitrogens with zero attached hydrogens (tertiary/aromatic N) is 1. The molecule has 1 aliphatic rings. The Kier molecular flexibility index (Phi) is 18.7. The van der Waals surface area contributed by atoms with E-state index in [1.165, 1.54) is 41.6 Å². The van der Waals surface area contributed by atoms with E-state index in [1.807, 2.05) is 24.3 Å². The van der Waals surface area contributed by atoms with Gasteiger partial charge in [-0.25, -0.2) is 0 Å². The van der Waals surface area contributed by atoms with Gasteiger partial charge in [0.2, 0.25) is 0 Å². The minimum atomic E-state index is -6.00. The molecule has 0 atom stereocenters. The average molecular weight is 753 g/mol.